The first kappa shape index (κ1) is 17.1. The van der Waals surface area contributed by atoms with Crippen molar-refractivity contribution in [2.24, 2.45) is 5.73 Å². The Hall–Kier alpha value is -1.93. The van der Waals surface area contributed by atoms with Gasteiger partial charge in [-0.1, -0.05) is 19.1 Å². The molecule has 0 saturated carbocycles. The first-order valence-corrected chi connectivity index (χ1v) is 8.03. The van der Waals surface area contributed by atoms with E-state index in [4.69, 9.17) is 10.8 Å². The van der Waals surface area contributed by atoms with E-state index >= 15 is 0 Å². The summed E-state index contributed by atoms with van der Waals surface area (Å²) in [6, 6.07) is 5.00. The number of nitrogens with two attached hydrogens (primary N) is 1. The van der Waals surface area contributed by atoms with E-state index < -0.39 is 27.8 Å². The number of aliphatic carboxylic acids is 1. The van der Waals surface area contributed by atoms with Crippen molar-refractivity contribution in [1.29, 1.82) is 0 Å². The lowest BCUT2D eigenvalue weighted by Gasteiger charge is -2.14. The number of hydrogen-bond donors (Lipinski definition) is 3. The van der Waals surface area contributed by atoms with Gasteiger partial charge in [-0.25, -0.2) is 8.42 Å². The molecule has 0 saturated heterocycles. The highest BCUT2D eigenvalue weighted by Crippen LogP contribution is 2.22. The lowest BCUT2D eigenvalue weighted by atomic mass is 10.1. The second kappa shape index (κ2) is 7.19. The van der Waals surface area contributed by atoms with Crippen LogP contribution >= 0.6 is 0 Å². The van der Waals surface area contributed by atoms with Gasteiger partial charge in [0, 0.05) is 6.42 Å². The molecule has 0 fully saturated rings. The number of carbonyl (C=O) groups is 2. The predicted molar refractivity (Wildman–Crippen MR) is 77.6 cm³/mol. The van der Waals surface area contributed by atoms with Crippen molar-refractivity contribution in [3.8, 4) is 0 Å². The van der Waals surface area contributed by atoms with Crippen molar-refractivity contribution in [1.82, 2.24) is 0 Å². The van der Waals surface area contributed by atoms with Crippen LogP contribution in [0.4, 0.5) is 5.69 Å². The zero-order valence-corrected chi connectivity index (χ0v) is 12.4. The molecular formula is C13H18N2O5S. The van der Waals surface area contributed by atoms with E-state index in [0.717, 1.165) is 0 Å². The van der Waals surface area contributed by atoms with Gasteiger partial charge in [0.1, 0.15) is 0 Å². The molecule has 0 aliphatic carbocycles. The number of rotatable bonds is 7. The Bertz CT molecular complexity index is 627. The zero-order valence-electron chi connectivity index (χ0n) is 11.6. The molecule has 21 heavy (non-hydrogen) atoms. The van der Waals surface area contributed by atoms with Gasteiger partial charge in [-0.05, 0) is 18.6 Å². The van der Waals surface area contributed by atoms with E-state index in [0.29, 0.717) is 0 Å². The zero-order chi connectivity index (χ0) is 16.0. The van der Waals surface area contributed by atoms with Crippen LogP contribution in [0.5, 0.6) is 0 Å². The van der Waals surface area contributed by atoms with Gasteiger partial charge in [0.2, 0.25) is 5.91 Å². The molecule has 0 bridgehead atoms. The summed E-state index contributed by atoms with van der Waals surface area (Å²) in [7, 11) is -3.48. The largest absolute Gasteiger partial charge is 0.481 e. The lowest BCUT2D eigenvalue weighted by Crippen LogP contribution is -2.36. The molecule has 0 heterocycles. The minimum Gasteiger partial charge on any atom is -0.481 e. The van der Waals surface area contributed by atoms with Gasteiger partial charge in [0.25, 0.3) is 0 Å². The van der Waals surface area contributed by atoms with Crippen LogP contribution in [0.2, 0.25) is 0 Å². The van der Waals surface area contributed by atoms with E-state index in [2.05, 4.69) is 5.32 Å². The fourth-order valence-electron chi connectivity index (χ4n) is 1.63. The van der Waals surface area contributed by atoms with Gasteiger partial charge >= 0.3 is 5.97 Å². The number of carboxylic acid groups (broad SMARTS) is 1. The first-order valence-electron chi connectivity index (χ1n) is 6.38. The third-order valence-electron chi connectivity index (χ3n) is 2.87. The summed E-state index contributed by atoms with van der Waals surface area (Å²) in [5.41, 5.74) is 5.73. The molecule has 0 radical (unpaired) electrons. The number of carboxylic acids is 1. The van der Waals surface area contributed by atoms with E-state index in [1.165, 1.54) is 19.1 Å². The van der Waals surface area contributed by atoms with E-state index in [1.54, 1.807) is 12.1 Å². The van der Waals surface area contributed by atoms with Crippen LogP contribution in [0.1, 0.15) is 19.8 Å². The summed E-state index contributed by atoms with van der Waals surface area (Å²) in [4.78, 5) is 22.3. The van der Waals surface area contributed by atoms with Crippen molar-refractivity contribution >= 4 is 27.4 Å². The van der Waals surface area contributed by atoms with E-state index in [1.807, 2.05) is 0 Å². The number of para-hydroxylation sites is 1. The van der Waals surface area contributed by atoms with E-state index in [9.17, 15) is 18.0 Å². The van der Waals surface area contributed by atoms with Gasteiger partial charge < -0.3 is 16.2 Å². The molecular weight excluding hydrogens is 296 g/mol. The quantitative estimate of drug-likeness (QED) is 0.677. The standard InChI is InChI=1S/C13H18N2O5S/c1-2-21(19,20)11-6-4-3-5-10(11)15-13(18)9(14)7-8-12(16)17/h3-6,9H,2,7-8,14H2,1H3,(H,15,18)(H,16,17). The van der Waals surface area contributed by atoms with Gasteiger partial charge in [-0.15, -0.1) is 0 Å². The molecule has 1 rings (SSSR count). The van der Waals surface area contributed by atoms with Crippen LogP contribution in [0.3, 0.4) is 0 Å². The number of hydrogen-bond acceptors (Lipinski definition) is 5. The van der Waals surface area contributed by atoms with Crippen LogP contribution in [-0.4, -0.2) is 37.2 Å². The Labute approximate surface area is 123 Å². The van der Waals surface area contributed by atoms with Crippen LogP contribution < -0.4 is 11.1 Å². The summed E-state index contributed by atoms with van der Waals surface area (Å²) in [6.07, 6.45) is -0.257. The summed E-state index contributed by atoms with van der Waals surface area (Å²) in [5.74, 6) is -1.76. The minimum absolute atomic E-state index is 0.0197. The van der Waals surface area contributed by atoms with Crippen molar-refractivity contribution in [2.45, 2.75) is 30.7 Å². The highest BCUT2D eigenvalue weighted by atomic mass is 32.2. The highest BCUT2D eigenvalue weighted by molar-refractivity contribution is 7.91. The minimum atomic E-state index is -3.48. The number of anilines is 1. The molecule has 1 atom stereocenters. The monoisotopic (exact) mass is 314 g/mol. The molecule has 0 aliphatic rings. The van der Waals surface area contributed by atoms with Gasteiger partial charge in [-0.3, -0.25) is 9.59 Å². The SMILES string of the molecule is CCS(=O)(=O)c1ccccc1NC(=O)C(N)CCC(=O)O. The van der Waals surface area contributed by atoms with Crippen LogP contribution in [0.15, 0.2) is 29.2 Å². The molecule has 0 aromatic heterocycles. The molecule has 0 aliphatic heterocycles. The Morgan fingerprint density at radius 3 is 2.52 bits per heavy atom. The maximum atomic E-state index is 11.9. The van der Waals surface area contributed by atoms with Crippen LogP contribution in [0, 0.1) is 0 Å². The molecule has 1 aromatic carbocycles. The average Bonchev–Trinajstić information content (AvgIpc) is 2.45. The Morgan fingerprint density at radius 1 is 1.33 bits per heavy atom. The molecule has 116 valence electrons. The maximum absolute atomic E-state index is 11.9. The third kappa shape index (κ3) is 4.83. The lowest BCUT2D eigenvalue weighted by molar-refractivity contribution is -0.137. The number of benzene rings is 1. The molecule has 4 N–H and O–H groups in total. The topological polar surface area (TPSA) is 127 Å². The average molecular weight is 314 g/mol. The summed E-state index contributed by atoms with van der Waals surface area (Å²) < 4.78 is 23.9. The van der Waals surface area contributed by atoms with E-state index in [-0.39, 0.29) is 29.2 Å². The number of nitrogens with one attached hydrogen (secondary N) is 1. The molecule has 0 spiro atoms. The van der Waals surface area contributed by atoms with Crippen molar-refractivity contribution in [3.05, 3.63) is 24.3 Å². The molecule has 8 heteroatoms. The molecule has 7 nitrogen and oxygen atoms in total. The molecule has 1 amide bonds. The molecule has 1 unspecified atom stereocenters. The van der Waals surface area contributed by atoms with Crippen LogP contribution in [0.25, 0.3) is 0 Å². The fraction of sp³-hybridized carbons (Fsp3) is 0.385. The van der Waals surface area contributed by atoms with Crippen molar-refractivity contribution < 1.29 is 23.1 Å². The second-order valence-electron chi connectivity index (χ2n) is 4.43. The summed E-state index contributed by atoms with van der Waals surface area (Å²) in [5, 5.41) is 11.0. The normalized spacial score (nSPS) is 12.7. The van der Waals surface area contributed by atoms with Gasteiger partial charge in [-0.2, -0.15) is 0 Å². The van der Waals surface area contributed by atoms with Crippen LogP contribution in [-0.2, 0) is 19.4 Å². The number of carbonyl (C=O) groups excluding carboxylic acids is 1. The smallest absolute Gasteiger partial charge is 0.303 e. The van der Waals surface area contributed by atoms with Gasteiger partial charge in [0.15, 0.2) is 9.84 Å². The second-order valence-corrected chi connectivity index (χ2v) is 6.67. The van der Waals surface area contributed by atoms with Crippen molar-refractivity contribution in [2.75, 3.05) is 11.1 Å². The summed E-state index contributed by atoms with van der Waals surface area (Å²) >= 11 is 0. The number of sulfone groups is 1. The summed E-state index contributed by atoms with van der Waals surface area (Å²) in [6.45, 7) is 1.51. The Morgan fingerprint density at radius 2 is 1.95 bits per heavy atom. The Balaban J connectivity index is 2.89. The van der Waals surface area contributed by atoms with Crippen molar-refractivity contribution in [3.63, 3.8) is 0 Å². The third-order valence-corrected chi connectivity index (χ3v) is 4.65. The molecule has 1 aromatic rings. The predicted octanol–water partition coefficient (Wildman–Crippen LogP) is 0.611. The number of amides is 1. The Kier molecular flexibility index (Phi) is 5.86. The highest BCUT2D eigenvalue weighted by Gasteiger charge is 2.20. The first-order chi connectivity index (χ1) is 9.77. The van der Waals surface area contributed by atoms with Gasteiger partial charge in [0.05, 0.1) is 22.4 Å². The maximum Gasteiger partial charge on any atom is 0.303 e. The fourth-order valence-corrected chi connectivity index (χ4v) is 2.68.